The van der Waals surface area contributed by atoms with E-state index in [1.807, 2.05) is 13.8 Å². The van der Waals surface area contributed by atoms with Crippen LogP contribution in [0.15, 0.2) is 30.7 Å². The zero-order chi connectivity index (χ0) is 13.7. The molecule has 2 rings (SSSR count). The molecular formula is C13H17N5O. The van der Waals surface area contributed by atoms with Crippen LogP contribution in [0.3, 0.4) is 0 Å². The summed E-state index contributed by atoms with van der Waals surface area (Å²) in [5.41, 5.74) is 0.573. The van der Waals surface area contributed by atoms with Gasteiger partial charge in [-0.05, 0) is 26.0 Å². The predicted octanol–water partition coefficient (Wildman–Crippen LogP) is 1.73. The molecule has 6 nitrogen and oxygen atoms in total. The number of aromatic nitrogens is 3. The van der Waals surface area contributed by atoms with Gasteiger partial charge >= 0.3 is 0 Å². The average Bonchev–Trinajstić information content (AvgIpc) is 2.93. The number of pyridine rings is 1. The van der Waals surface area contributed by atoms with Gasteiger partial charge in [0.05, 0.1) is 6.04 Å². The molecule has 0 saturated heterocycles. The van der Waals surface area contributed by atoms with Crippen LogP contribution >= 0.6 is 0 Å². The van der Waals surface area contributed by atoms with Crippen molar-refractivity contribution in [2.45, 2.75) is 19.9 Å². The number of nitrogens with one attached hydrogen (secondary N) is 3. The standard InChI is InChI=1S/C13H17N5O/c1-3-14-11-8-10(4-5-15-11)13(19)18-9(2)12-16-6-7-17-12/h4-9H,3H2,1-2H3,(H,14,15)(H,16,17)(H,18,19). The summed E-state index contributed by atoms with van der Waals surface area (Å²) < 4.78 is 0. The van der Waals surface area contributed by atoms with E-state index in [1.165, 1.54) is 0 Å². The molecule has 1 unspecified atom stereocenters. The number of anilines is 1. The lowest BCUT2D eigenvalue weighted by Crippen LogP contribution is -2.27. The molecule has 0 bridgehead atoms. The maximum atomic E-state index is 12.1. The third-order valence-electron chi connectivity index (χ3n) is 2.66. The molecule has 0 aliphatic rings. The largest absolute Gasteiger partial charge is 0.370 e. The van der Waals surface area contributed by atoms with E-state index in [9.17, 15) is 4.79 Å². The Balaban J connectivity index is 2.05. The first-order valence-electron chi connectivity index (χ1n) is 6.20. The Kier molecular flexibility index (Phi) is 4.12. The SMILES string of the molecule is CCNc1cc(C(=O)NC(C)c2ncc[nH]2)ccn1. The third kappa shape index (κ3) is 3.31. The highest BCUT2D eigenvalue weighted by atomic mass is 16.1. The second kappa shape index (κ2) is 5.99. The highest BCUT2D eigenvalue weighted by Crippen LogP contribution is 2.10. The quantitative estimate of drug-likeness (QED) is 0.763. The summed E-state index contributed by atoms with van der Waals surface area (Å²) >= 11 is 0. The van der Waals surface area contributed by atoms with E-state index in [0.29, 0.717) is 11.4 Å². The van der Waals surface area contributed by atoms with E-state index < -0.39 is 0 Å². The number of imidazole rings is 1. The van der Waals surface area contributed by atoms with Crippen LogP contribution in [0.1, 0.15) is 36.1 Å². The van der Waals surface area contributed by atoms with Crippen molar-refractivity contribution in [3.05, 3.63) is 42.1 Å². The first kappa shape index (κ1) is 13.1. The Bertz CT molecular complexity index is 538. The van der Waals surface area contributed by atoms with Gasteiger partial charge in [0, 0.05) is 30.7 Å². The van der Waals surface area contributed by atoms with E-state index in [2.05, 4.69) is 25.6 Å². The number of hydrogen-bond acceptors (Lipinski definition) is 4. The number of amides is 1. The van der Waals surface area contributed by atoms with Crippen LogP contribution in [-0.4, -0.2) is 27.4 Å². The molecule has 2 aromatic heterocycles. The van der Waals surface area contributed by atoms with Crippen molar-refractivity contribution in [3.63, 3.8) is 0 Å². The van der Waals surface area contributed by atoms with E-state index in [-0.39, 0.29) is 11.9 Å². The average molecular weight is 259 g/mol. The van der Waals surface area contributed by atoms with Gasteiger partial charge in [0.15, 0.2) is 0 Å². The molecule has 100 valence electrons. The molecular weight excluding hydrogens is 242 g/mol. The van der Waals surface area contributed by atoms with Crippen LogP contribution in [0, 0.1) is 0 Å². The molecule has 0 aliphatic carbocycles. The summed E-state index contributed by atoms with van der Waals surface area (Å²) in [6, 6.07) is 3.25. The van der Waals surface area contributed by atoms with Crippen molar-refractivity contribution in [2.24, 2.45) is 0 Å². The fraction of sp³-hybridized carbons (Fsp3) is 0.308. The topological polar surface area (TPSA) is 82.7 Å². The van der Waals surface area contributed by atoms with Crippen LogP contribution in [0.5, 0.6) is 0 Å². The van der Waals surface area contributed by atoms with Gasteiger partial charge in [0.1, 0.15) is 11.6 Å². The molecule has 0 radical (unpaired) electrons. The molecule has 0 aromatic carbocycles. The van der Waals surface area contributed by atoms with Gasteiger partial charge in [-0.25, -0.2) is 9.97 Å². The van der Waals surface area contributed by atoms with Crippen LogP contribution < -0.4 is 10.6 Å². The van der Waals surface area contributed by atoms with E-state index in [1.54, 1.807) is 30.7 Å². The fourth-order valence-corrected chi connectivity index (χ4v) is 1.71. The minimum absolute atomic E-state index is 0.148. The summed E-state index contributed by atoms with van der Waals surface area (Å²) in [4.78, 5) is 23.3. The lowest BCUT2D eigenvalue weighted by Gasteiger charge is -2.12. The predicted molar refractivity (Wildman–Crippen MR) is 72.9 cm³/mol. The number of carbonyl (C=O) groups excluding carboxylic acids is 1. The minimum Gasteiger partial charge on any atom is -0.370 e. The fourth-order valence-electron chi connectivity index (χ4n) is 1.71. The number of carbonyl (C=O) groups is 1. The van der Waals surface area contributed by atoms with Gasteiger partial charge in [-0.2, -0.15) is 0 Å². The maximum absolute atomic E-state index is 12.1. The van der Waals surface area contributed by atoms with Crippen molar-refractivity contribution < 1.29 is 4.79 Å². The van der Waals surface area contributed by atoms with E-state index >= 15 is 0 Å². The number of hydrogen-bond donors (Lipinski definition) is 3. The van der Waals surface area contributed by atoms with E-state index in [0.717, 1.165) is 12.4 Å². The second-order valence-electron chi connectivity index (χ2n) is 4.13. The van der Waals surface area contributed by atoms with Crippen LogP contribution in [-0.2, 0) is 0 Å². The van der Waals surface area contributed by atoms with Gasteiger partial charge in [0.25, 0.3) is 5.91 Å². The van der Waals surface area contributed by atoms with Crippen LogP contribution in [0.4, 0.5) is 5.82 Å². The van der Waals surface area contributed by atoms with Crippen molar-refractivity contribution >= 4 is 11.7 Å². The molecule has 1 amide bonds. The molecule has 0 aliphatic heterocycles. The minimum atomic E-state index is -0.168. The number of aromatic amines is 1. The van der Waals surface area contributed by atoms with Crippen molar-refractivity contribution in [1.82, 2.24) is 20.3 Å². The van der Waals surface area contributed by atoms with Gasteiger partial charge in [-0.15, -0.1) is 0 Å². The molecule has 1 atom stereocenters. The lowest BCUT2D eigenvalue weighted by molar-refractivity contribution is 0.0938. The smallest absolute Gasteiger partial charge is 0.252 e. The number of nitrogens with zero attached hydrogens (tertiary/aromatic N) is 2. The molecule has 2 aromatic rings. The summed E-state index contributed by atoms with van der Waals surface area (Å²) in [5, 5.41) is 5.95. The second-order valence-corrected chi connectivity index (χ2v) is 4.13. The Labute approximate surface area is 111 Å². The first-order valence-corrected chi connectivity index (χ1v) is 6.20. The Hall–Kier alpha value is -2.37. The zero-order valence-electron chi connectivity index (χ0n) is 11.0. The first-order chi connectivity index (χ1) is 9.20. The highest BCUT2D eigenvalue weighted by Gasteiger charge is 2.13. The number of rotatable bonds is 5. The van der Waals surface area contributed by atoms with Crippen LogP contribution in [0.2, 0.25) is 0 Å². The maximum Gasteiger partial charge on any atom is 0.252 e. The third-order valence-corrected chi connectivity index (χ3v) is 2.66. The summed E-state index contributed by atoms with van der Waals surface area (Å²) in [6.07, 6.45) is 5.01. The molecule has 0 fully saturated rings. The summed E-state index contributed by atoms with van der Waals surface area (Å²) in [6.45, 7) is 4.62. The molecule has 2 heterocycles. The van der Waals surface area contributed by atoms with Crippen LogP contribution in [0.25, 0.3) is 0 Å². The Morgan fingerprint density at radius 3 is 2.95 bits per heavy atom. The number of H-pyrrole nitrogens is 1. The van der Waals surface area contributed by atoms with Gasteiger partial charge in [0.2, 0.25) is 0 Å². The molecule has 0 saturated carbocycles. The molecule has 19 heavy (non-hydrogen) atoms. The Morgan fingerprint density at radius 1 is 1.42 bits per heavy atom. The summed E-state index contributed by atoms with van der Waals surface area (Å²) in [5.74, 6) is 1.28. The lowest BCUT2D eigenvalue weighted by atomic mass is 10.2. The monoisotopic (exact) mass is 259 g/mol. The van der Waals surface area contributed by atoms with Crippen molar-refractivity contribution in [3.8, 4) is 0 Å². The van der Waals surface area contributed by atoms with Gasteiger partial charge in [-0.1, -0.05) is 0 Å². The Morgan fingerprint density at radius 2 is 2.26 bits per heavy atom. The van der Waals surface area contributed by atoms with Crippen molar-refractivity contribution in [2.75, 3.05) is 11.9 Å². The summed E-state index contributed by atoms with van der Waals surface area (Å²) in [7, 11) is 0. The van der Waals surface area contributed by atoms with Gasteiger partial charge < -0.3 is 15.6 Å². The zero-order valence-corrected chi connectivity index (χ0v) is 11.0. The van der Waals surface area contributed by atoms with Gasteiger partial charge in [-0.3, -0.25) is 4.79 Å². The molecule has 3 N–H and O–H groups in total. The van der Waals surface area contributed by atoms with Crippen molar-refractivity contribution in [1.29, 1.82) is 0 Å². The van der Waals surface area contributed by atoms with E-state index in [4.69, 9.17) is 0 Å². The molecule has 0 spiro atoms. The molecule has 6 heteroatoms. The highest BCUT2D eigenvalue weighted by molar-refractivity contribution is 5.94. The normalized spacial score (nSPS) is 11.9.